The van der Waals surface area contributed by atoms with Crippen molar-refractivity contribution >= 4 is 18.0 Å². The van der Waals surface area contributed by atoms with E-state index >= 15 is 0 Å². The van der Waals surface area contributed by atoms with Crippen molar-refractivity contribution < 1.29 is 19.1 Å². The highest BCUT2D eigenvalue weighted by Gasteiger charge is 2.46. The van der Waals surface area contributed by atoms with Crippen LogP contribution in [0.4, 0.5) is 15.4 Å². The van der Waals surface area contributed by atoms with Crippen LogP contribution in [0.5, 0.6) is 0 Å². The number of nitrogens with zero attached hydrogens (tertiary/aromatic N) is 2. The van der Waals surface area contributed by atoms with Gasteiger partial charge in [-0.25, -0.2) is 14.6 Å². The van der Waals surface area contributed by atoms with Crippen LogP contribution >= 0.6 is 0 Å². The van der Waals surface area contributed by atoms with E-state index in [1.165, 1.54) is 0 Å². The monoisotopic (exact) mass is 319 g/mol. The molecule has 1 aromatic rings. The summed E-state index contributed by atoms with van der Waals surface area (Å²) in [6.45, 7) is 6.46. The van der Waals surface area contributed by atoms with Gasteiger partial charge in [0.05, 0.1) is 0 Å². The highest BCUT2D eigenvalue weighted by atomic mass is 16.6. The number of carbonyl (C=O) groups is 2. The molecule has 0 atom stereocenters. The number of rotatable bonds is 0. The Kier molecular flexibility index (Phi) is 3.66. The van der Waals surface area contributed by atoms with E-state index in [2.05, 4.69) is 10.3 Å². The molecule has 3 rings (SSSR count). The van der Waals surface area contributed by atoms with Crippen LogP contribution in [-0.4, -0.2) is 40.8 Å². The number of likely N-dealkylation sites (tertiary alicyclic amines) is 1. The number of hydrogen-bond donors (Lipinski definition) is 1. The molecule has 1 saturated heterocycles. The first-order valence-electron chi connectivity index (χ1n) is 7.73. The van der Waals surface area contributed by atoms with Crippen molar-refractivity contribution in [3.63, 3.8) is 0 Å². The first-order chi connectivity index (χ1) is 10.8. The van der Waals surface area contributed by atoms with Crippen LogP contribution in [0.2, 0.25) is 0 Å². The molecule has 2 aliphatic heterocycles. The molecule has 1 fully saturated rings. The summed E-state index contributed by atoms with van der Waals surface area (Å²) in [5.41, 5.74) is -0.377. The Hall–Kier alpha value is -2.31. The van der Waals surface area contributed by atoms with E-state index in [0.717, 1.165) is 5.56 Å². The minimum Gasteiger partial charge on any atom is -0.444 e. The van der Waals surface area contributed by atoms with Crippen molar-refractivity contribution in [2.24, 2.45) is 0 Å². The van der Waals surface area contributed by atoms with E-state index in [1.54, 1.807) is 11.1 Å². The standard InChI is InChI=1S/C16H21N3O4/c1-15(2,3)23-14(21)19-9-6-16(7-10-19)11-5-4-8-17-12(11)18-13(20)22-16/h4-5,8H,6-7,9-10H2,1-3H3,(H,17,18,20). The quantitative estimate of drug-likeness (QED) is 0.795. The van der Waals surface area contributed by atoms with E-state index in [9.17, 15) is 9.59 Å². The second-order valence-corrected chi connectivity index (χ2v) is 6.88. The molecule has 0 unspecified atom stereocenters. The zero-order valence-corrected chi connectivity index (χ0v) is 13.6. The summed E-state index contributed by atoms with van der Waals surface area (Å²) in [6.07, 6.45) is 1.85. The fraction of sp³-hybridized carbons (Fsp3) is 0.562. The number of pyridine rings is 1. The van der Waals surface area contributed by atoms with Crippen molar-refractivity contribution in [3.8, 4) is 0 Å². The van der Waals surface area contributed by atoms with Crippen molar-refractivity contribution in [2.75, 3.05) is 18.4 Å². The number of aromatic nitrogens is 1. The molecule has 124 valence electrons. The lowest BCUT2D eigenvalue weighted by Gasteiger charge is -2.43. The third-order valence-electron chi connectivity index (χ3n) is 4.03. The van der Waals surface area contributed by atoms with Gasteiger partial charge in [0.1, 0.15) is 17.0 Å². The Morgan fingerprint density at radius 2 is 2.09 bits per heavy atom. The maximum absolute atomic E-state index is 12.2. The zero-order valence-electron chi connectivity index (χ0n) is 13.6. The highest BCUT2D eigenvalue weighted by Crippen LogP contribution is 2.42. The van der Waals surface area contributed by atoms with Crippen LogP contribution in [0, 0.1) is 0 Å². The fourth-order valence-electron chi connectivity index (χ4n) is 2.98. The number of anilines is 1. The molecule has 3 heterocycles. The van der Waals surface area contributed by atoms with Gasteiger partial charge in [0.2, 0.25) is 0 Å². The summed E-state index contributed by atoms with van der Waals surface area (Å²) in [6, 6.07) is 3.73. The molecule has 2 amide bonds. The van der Waals surface area contributed by atoms with Crippen LogP contribution < -0.4 is 5.32 Å². The SMILES string of the molecule is CC(C)(C)OC(=O)N1CCC2(CC1)OC(=O)Nc1ncccc12. The lowest BCUT2D eigenvalue weighted by molar-refractivity contribution is -0.0441. The van der Waals surface area contributed by atoms with Crippen LogP contribution in [-0.2, 0) is 15.1 Å². The maximum atomic E-state index is 12.2. The smallest absolute Gasteiger partial charge is 0.413 e. The molecule has 1 N–H and O–H groups in total. The van der Waals surface area contributed by atoms with Crippen molar-refractivity contribution in [2.45, 2.75) is 44.8 Å². The van der Waals surface area contributed by atoms with E-state index in [0.29, 0.717) is 31.7 Å². The number of fused-ring (bicyclic) bond motifs is 2. The van der Waals surface area contributed by atoms with Gasteiger partial charge in [-0.05, 0) is 32.9 Å². The summed E-state index contributed by atoms with van der Waals surface area (Å²) in [5, 5.41) is 2.62. The largest absolute Gasteiger partial charge is 0.444 e. The lowest BCUT2D eigenvalue weighted by atomic mass is 9.83. The fourth-order valence-corrected chi connectivity index (χ4v) is 2.98. The zero-order chi connectivity index (χ0) is 16.7. The number of carbonyl (C=O) groups excluding carboxylic acids is 2. The van der Waals surface area contributed by atoms with Gasteiger partial charge in [-0.3, -0.25) is 5.32 Å². The molecular formula is C16H21N3O4. The van der Waals surface area contributed by atoms with Crippen LogP contribution in [0.25, 0.3) is 0 Å². The minimum absolute atomic E-state index is 0.334. The van der Waals surface area contributed by atoms with Gasteiger partial charge in [0.15, 0.2) is 0 Å². The number of ether oxygens (including phenoxy) is 2. The van der Waals surface area contributed by atoms with Gasteiger partial charge in [0, 0.05) is 37.7 Å². The number of amides is 2. The minimum atomic E-state index is -0.718. The first-order valence-corrected chi connectivity index (χ1v) is 7.73. The second-order valence-electron chi connectivity index (χ2n) is 6.88. The van der Waals surface area contributed by atoms with Gasteiger partial charge in [-0.2, -0.15) is 0 Å². The van der Waals surface area contributed by atoms with E-state index < -0.39 is 17.3 Å². The van der Waals surface area contributed by atoms with Crippen molar-refractivity contribution in [1.29, 1.82) is 0 Å². The van der Waals surface area contributed by atoms with Crippen LogP contribution in [0.1, 0.15) is 39.2 Å². The van der Waals surface area contributed by atoms with Crippen molar-refractivity contribution in [3.05, 3.63) is 23.9 Å². The Bertz CT molecular complexity index is 630. The van der Waals surface area contributed by atoms with Crippen LogP contribution in [0.15, 0.2) is 18.3 Å². The number of nitrogens with one attached hydrogen (secondary N) is 1. The van der Waals surface area contributed by atoms with Crippen molar-refractivity contribution in [1.82, 2.24) is 9.88 Å². The molecule has 23 heavy (non-hydrogen) atoms. The Morgan fingerprint density at radius 1 is 1.39 bits per heavy atom. The summed E-state index contributed by atoms with van der Waals surface area (Å²) < 4.78 is 11.0. The second kappa shape index (κ2) is 5.40. The number of piperidine rings is 1. The highest BCUT2D eigenvalue weighted by molar-refractivity contribution is 5.87. The molecule has 2 aliphatic rings. The number of hydrogen-bond acceptors (Lipinski definition) is 5. The average Bonchev–Trinajstić information content (AvgIpc) is 2.46. The molecular weight excluding hydrogens is 298 g/mol. The van der Waals surface area contributed by atoms with E-state index in [1.807, 2.05) is 32.9 Å². The average molecular weight is 319 g/mol. The predicted molar refractivity (Wildman–Crippen MR) is 83.1 cm³/mol. The molecule has 0 aromatic carbocycles. The maximum Gasteiger partial charge on any atom is 0.413 e. The van der Waals surface area contributed by atoms with E-state index in [-0.39, 0.29) is 6.09 Å². The summed E-state index contributed by atoms with van der Waals surface area (Å²) in [7, 11) is 0. The summed E-state index contributed by atoms with van der Waals surface area (Å²) >= 11 is 0. The Morgan fingerprint density at radius 3 is 2.74 bits per heavy atom. The van der Waals surface area contributed by atoms with Crippen LogP contribution in [0.3, 0.4) is 0 Å². The molecule has 7 nitrogen and oxygen atoms in total. The van der Waals surface area contributed by atoms with Gasteiger partial charge >= 0.3 is 12.2 Å². The molecule has 1 spiro atoms. The molecule has 0 bridgehead atoms. The van der Waals surface area contributed by atoms with Gasteiger partial charge in [0.25, 0.3) is 0 Å². The van der Waals surface area contributed by atoms with E-state index in [4.69, 9.17) is 9.47 Å². The van der Waals surface area contributed by atoms with Gasteiger partial charge in [-0.15, -0.1) is 0 Å². The topological polar surface area (TPSA) is 80.8 Å². The molecule has 0 saturated carbocycles. The van der Waals surface area contributed by atoms with Gasteiger partial charge in [-0.1, -0.05) is 0 Å². The Labute approximate surface area is 135 Å². The predicted octanol–water partition coefficient (Wildman–Crippen LogP) is 2.87. The first kappa shape index (κ1) is 15.6. The summed E-state index contributed by atoms with van der Waals surface area (Å²) in [4.78, 5) is 29.8. The normalized spacial score (nSPS) is 19.6. The molecule has 0 aliphatic carbocycles. The molecule has 1 aromatic heterocycles. The van der Waals surface area contributed by atoms with Gasteiger partial charge < -0.3 is 14.4 Å². The Balaban J connectivity index is 1.76. The third kappa shape index (κ3) is 3.09. The third-order valence-corrected chi connectivity index (χ3v) is 4.03. The molecule has 0 radical (unpaired) electrons. The molecule has 7 heteroatoms. The summed E-state index contributed by atoms with van der Waals surface area (Å²) in [5.74, 6) is 0.537. The lowest BCUT2D eigenvalue weighted by Crippen LogP contribution is -2.50.